The van der Waals surface area contributed by atoms with Gasteiger partial charge in [-0.3, -0.25) is 0 Å². The summed E-state index contributed by atoms with van der Waals surface area (Å²) in [5.41, 5.74) is 0. The molecule has 1 saturated carbocycles. The molecule has 1 aliphatic carbocycles. The second kappa shape index (κ2) is 4.21. The van der Waals surface area contributed by atoms with Gasteiger partial charge in [0.15, 0.2) is 0 Å². The Balaban J connectivity index is 2.03. The number of hydrogen-bond donors (Lipinski definition) is 1. The second-order valence-electron chi connectivity index (χ2n) is 4.33. The summed E-state index contributed by atoms with van der Waals surface area (Å²) in [6.07, 6.45) is 2.61. The van der Waals surface area contributed by atoms with Gasteiger partial charge >= 0.3 is 16.3 Å². The van der Waals surface area contributed by atoms with Crippen molar-refractivity contribution in [1.82, 2.24) is 9.03 Å². The average molecular weight is 248 g/mol. The molecule has 92 valence electrons. The lowest BCUT2D eigenvalue weighted by molar-refractivity contribution is 0.144. The van der Waals surface area contributed by atoms with Crippen LogP contribution in [0.5, 0.6) is 0 Å². The van der Waals surface area contributed by atoms with Crippen molar-refractivity contribution in [3.63, 3.8) is 0 Å². The van der Waals surface area contributed by atoms with Crippen molar-refractivity contribution < 1.29 is 17.9 Å². The lowest BCUT2D eigenvalue weighted by Crippen LogP contribution is -2.45. The Morgan fingerprint density at radius 1 is 1.38 bits per heavy atom. The molecule has 0 aromatic rings. The van der Waals surface area contributed by atoms with Gasteiger partial charge in [-0.2, -0.15) is 17.4 Å². The van der Waals surface area contributed by atoms with E-state index in [-0.39, 0.29) is 18.7 Å². The van der Waals surface area contributed by atoms with Gasteiger partial charge in [-0.25, -0.2) is 4.79 Å². The van der Waals surface area contributed by atoms with E-state index in [9.17, 15) is 13.2 Å². The smallest absolute Gasteiger partial charge is 0.425 e. The molecular weight excluding hydrogens is 232 g/mol. The fourth-order valence-electron chi connectivity index (χ4n) is 2.09. The molecule has 6 nitrogen and oxygen atoms in total. The number of ether oxygens (including phenoxy) is 1. The zero-order chi connectivity index (χ0) is 11.8. The molecule has 2 fully saturated rings. The van der Waals surface area contributed by atoms with Crippen LogP contribution in [0.25, 0.3) is 0 Å². The molecule has 0 aromatic carbocycles. The van der Waals surface area contributed by atoms with E-state index in [1.54, 1.807) is 6.92 Å². The van der Waals surface area contributed by atoms with Gasteiger partial charge in [0.25, 0.3) is 0 Å². The third kappa shape index (κ3) is 2.30. The molecule has 0 unspecified atom stereocenters. The van der Waals surface area contributed by atoms with Crippen molar-refractivity contribution in [2.24, 2.45) is 0 Å². The van der Waals surface area contributed by atoms with Gasteiger partial charge in [-0.15, -0.1) is 0 Å². The van der Waals surface area contributed by atoms with Crippen LogP contribution in [0.2, 0.25) is 0 Å². The standard InChI is InChI=1S/C9H16N2O4S/c1-7-6-11(9(12)15-7)16(13,14)10-8-4-2-3-5-8/h7-8,10H,2-6H2,1H3/t7-/m0/s1. The molecule has 2 rings (SSSR count). The SMILES string of the molecule is C[C@H]1CN(S(=O)(=O)NC2CCCC2)C(=O)O1. The summed E-state index contributed by atoms with van der Waals surface area (Å²) >= 11 is 0. The Hall–Kier alpha value is -0.820. The van der Waals surface area contributed by atoms with Crippen molar-refractivity contribution in [2.75, 3.05) is 6.54 Å². The number of carbonyl (C=O) groups is 1. The highest BCUT2D eigenvalue weighted by molar-refractivity contribution is 7.87. The zero-order valence-electron chi connectivity index (χ0n) is 9.18. The third-order valence-corrected chi connectivity index (χ3v) is 4.40. The number of hydrogen-bond acceptors (Lipinski definition) is 4. The van der Waals surface area contributed by atoms with Crippen molar-refractivity contribution in [3.8, 4) is 0 Å². The number of rotatable bonds is 3. The first kappa shape index (κ1) is 11.7. The zero-order valence-corrected chi connectivity index (χ0v) is 10.00. The van der Waals surface area contributed by atoms with E-state index in [0.717, 1.165) is 30.0 Å². The Labute approximate surface area is 95.1 Å². The van der Waals surface area contributed by atoms with E-state index in [1.165, 1.54) is 0 Å². The molecule has 1 N–H and O–H groups in total. The number of amides is 1. The lowest BCUT2D eigenvalue weighted by atomic mass is 10.3. The van der Waals surface area contributed by atoms with Crippen LogP contribution in [0, 0.1) is 0 Å². The van der Waals surface area contributed by atoms with Gasteiger partial charge in [0.2, 0.25) is 0 Å². The predicted molar refractivity (Wildman–Crippen MR) is 57.0 cm³/mol. The molecule has 0 aromatic heterocycles. The largest absolute Gasteiger partial charge is 0.444 e. The molecule has 1 aliphatic heterocycles. The molecule has 2 aliphatic rings. The Kier molecular flexibility index (Phi) is 3.07. The quantitative estimate of drug-likeness (QED) is 0.793. The van der Waals surface area contributed by atoms with Crippen LogP contribution < -0.4 is 4.72 Å². The average Bonchev–Trinajstić information content (AvgIpc) is 2.75. The van der Waals surface area contributed by atoms with Crippen molar-refractivity contribution in [2.45, 2.75) is 44.8 Å². The highest BCUT2D eigenvalue weighted by Gasteiger charge is 2.38. The van der Waals surface area contributed by atoms with Gasteiger partial charge in [0.1, 0.15) is 6.10 Å². The minimum absolute atomic E-state index is 0.0336. The van der Waals surface area contributed by atoms with E-state index >= 15 is 0 Å². The van der Waals surface area contributed by atoms with Crippen LogP contribution >= 0.6 is 0 Å². The molecule has 0 bridgehead atoms. The maximum atomic E-state index is 11.9. The Morgan fingerprint density at radius 3 is 2.50 bits per heavy atom. The molecular formula is C9H16N2O4S. The first-order valence-corrected chi connectivity index (χ1v) is 6.93. The fourth-order valence-corrected chi connectivity index (χ4v) is 3.52. The van der Waals surface area contributed by atoms with Crippen molar-refractivity contribution in [1.29, 1.82) is 0 Å². The van der Waals surface area contributed by atoms with Gasteiger partial charge in [-0.1, -0.05) is 12.8 Å². The predicted octanol–water partition coefficient (Wildman–Crippen LogP) is 0.604. The third-order valence-electron chi connectivity index (χ3n) is 2.89. The van der Waals surface area contributed by atoms with Crippen LogP contribution in [0.3, 0.4) is 0 Å². The molecule has 1 amide bonds. The minimum Gasteiger partial charge on any atom is -0.444 e. The van der Waals surface area contributed by atoms with E-state index < -0.39 is 16.3 Å². The highest BCUT2D eigenvalue weighted by Crippen LogP contribution is 2.21. The molecule has 0 radical (unpaired) electrons. The summed E-state index contributed by atoms with van der Waals surface area (Å²) in [4.78, 5) is 11.3. The van der Waals surface area contributed by atoms with Crippen LogP contribution in [0.1, 0.15) is 32.6 Å². The number of cyclic esters (lactones) is 1. The number of nitrogens with zero attached hydrogens (tertiary/aromatic N) is 1. The fraction of sp³-hybridized carbons (Fsp3) is 0.889. The molecule has 0 spiro atoms. The van der Waals surface area contributed by atoms with Crippen molar-refractivity contribution in [3.05, 3.63) is 0 Å². The van der Waals surface area contributed by atoms with Crippen LogP contribution in [0.4, 0.5) is 4.79 Å². The van der Waals surface area contributed by atoms with Gasteiger partial charge in [-0.05, 0) is 19.8 Å². The van der Waals surface area contributed by atoms with Crippen LogP contribution in [-0.2, 0) is 14.9 Å². The summed E-state index contributed by atoms with van der Waals surface area (Å²) in [6.45, 7) is 1.77. The van der Waals surface area contributed by atoms with E-state index in [2.05, 4.69) is 4.72 Å². The Morgan fingerprint density at radius 2 is 2.00 bits per heavy atom. The normalized spacial score (nSPS) is 27.4. The first-order chi connectivity index (χ1) is 7.49. The molecule has 1 heterocycles. The van der Waals surface area contributed by atoms with E-state index in [1.807, 2.05) is 0 Å². The van der Waals surface area contributed by atoms with Crippen LogP contribution in [-0.4, -0.2) is 37.5 Å². The monoisotopic (exact) mass is 248 g/mol. The minimum atomic E-state index is -3.72. The maximum Gasteiger partial charge on any atom is 0.425 e. The summed E-state index contributed by atoms with van der Waals surface area (Å²) in [7, 11) is -3.72. The molecule has 1 atom stereocenters. The van der Waals surface area contributed by atoms with E-state index in [0.29, 0.717) is 0 Å². The summed E-state index contributed by atoms with van der Waals surface area (Å²) in [5.74, 6) is 0. The summed E-state index contributed by atoms with van der Waals surface area (Å²) in [5, 5.41) is 0. The van der Waals surface area contributed by atoms with E-state index in [4.69, 9.17) is 4.74 Å². The van der Waals surface area contributed by atoms with Gasteiger partial charge < -0.3 is 4.74 Å². The molecule has 7 heteroatoms. The number of nitrogens with one attached hydrogen (secondary N) is 1. The molecule has 1 saturated heterocycles. The molecule has 16 heavy (non-hydrogen) atoms. The Bertz CT molecular complexity index is 375. The van der Waals surface area contributed by atoms with Crippen molar-refractivity contribution >= 4 is 16.3 Å². The first-order valence-electron chi connectivity index (χ1n) is 5.49. The van der Waals surface area contributed by atoms with Crippen LogP contribution in [0.15, 0.2) is 0 Å². The maximum absolute atomic E-state index is 11.9. The second-order valence-corrected chi connectivity index (χ2v) is 5.96. The lowest BCUT2D eigenvalue weighted by Gasteiger charge is -2.17. The van der Waals surface area contributed by atoms with Gasteiger partial charge in [0, 0.05) is 6.04 Å². The van der Waals surface area contributed by atoms with Gasteiger partial charge in [0.05, 0.1) is 6.54 Å². The summed E-state index contributed by atoms with van der Waals surface area (Å²) < 4.78 is 31.8. The highest BCUT2D eigenvalue weighted by atomic mass is 32.2. The summed E-state index contributed by atoms with van der Waals surface area (Å²) in [6, 6.07) is -0.0336. The number of carbonyl (C=O) groups excluding carboxylic acids is 1. The topological polar surface area (TPSA) is 75.7 Å².